The number of aliphatic hydroxyl groups excluding tert-OH is 2. The molecule has 1 fully saturated rings. The van der Waals surface area contributed by atoms with E-state index < -0.39 is 0 Å². The molecule has 3 atom stereocenters. The molecule has 3 unspecified atom stereocenters. The summed E-state index contributed by atoms with van der Waals surface area (Å²) in [4.78, 5) is 0. The van der Waals surface area contributed by atoms with Gasteiger partial charge in [0, 0.05) is 5.75 Å². The van der Waals surface area contributed by atoms with Gasteiger partial charge in [-0.05, 0) is 23.5 Å². The smallest absolute Gasteiger partial charge is 0.0667 e. The Labute approximate surface area is 84.7 Å². The van der Waals surface area contributed by atoms with Crippen molar-refractivity contribution in [1.82, 2.24) is 0 Å². The lowest BCUT2D eigenvalue weighted by Crippen LogP contribution is -2.31. The van der Waals surface area contributed by atoms with E-state index in [-0.39, 0.29) is 17.6 Å². The van der Waals surface area contributed by atoms with Gasteiger partial charge >= 0.3 is 0 Å². The van der Waals surface area contributed by atoms with Crippen LogP contribution in [0.1, 0.15) is 27.2 Å². The molecule has 1 saturated heterocycles. The highest BCUT2D eigenvalue weighted by Gasteiger charge is 2.31. The molecule has 2 N–H and O–H groups in total. The van der Waals surface area contributed by atoms with Gasteiger partial charge in [-0.1, -0.05) is 20.8 Å². The second-order valence-electron chi connectivity index (χ2n) is 4.98. The summed E-state index contributed by atoms with van der Waals surface area (Å²) in [5.41, 5.74) is -0.0625. The third-order valence-electron chi connectivity index (χ3n) is 2.69. The predicted molar refractivity (Wildman–Crippen MR) is 56.9 cm³/mol. The molecule has 13 heavy (non-hydrogen) atoms. The zero-order valence-electron chi connectivity index (χ0n) is 8.66. The molecule has 0 aromatic heterocycles. The van der Waals surface area contributed by atoms with Gasteiger partial charge in [0.1, 0.15) is 0 Å². The maximum absolute atomic E-state index is 9.84. The number of aliphatic hydroxyl groups is 2. The van der Waals surface area contributed by atoms with Crippen LogP contribution in [-0.4, -0.2) is 33.9 Å². The fourth-order valence-electron chi connectivity index (χ4n) is 1.45. The molecule has 1 aliphatic rings. The maximum atomic E-state index is 9.84. The quantitative estimate of drug-likeness (QED) is 0.716. The van der Waals surface area contributed by atoms with Gasteiger partial charge in [-0.15, -0.1) is 0 Å². The van der Waals surface area contributed by atoms with Crippen LogP contribution in [0.3, 0.4) is 0 Å². The van der Waals surface area contributed by atoms with Crippen molar-refractivity contribution in [3.8, 4) is 0 Å². The van der Waals surface area contributed by atoms with E-state index in [1.165, 1.54) is 0 Å². The highest BCUT2D eigenvalue weighted by atomic mass is 32.2. The minimum Gasteiger partial charge on any atom is -0.393 e. The van der Waals surface area contributed by atoms with Gasteiger partial charge < -0.3 is 10.2 Å². The summed E-state index contributed by atoms with van der Waals surface area (Å²) in [6.45, 7) is 6.10. The molecule has 0 radical (unpaired) electrons. The van der Waals surface area contributed by atoms with E-state index in [1.807, 2.05) is 20.8 Å². The summed E-state index contributed by atoms with van der Waals surface area (Å²) < 4.78 is 0. The normalized spacial score (nSPS) is 32.1. The highest BCUT2D eigenvalue weighted by Crippen LogP contribution is 2.32. The van der Waals surface area contributed by atoms with Gasteiger partial charge in [-0.2, -0.15) is 11.8 Å². The van der Waals surface area contributed by atoms with Crippen LogP contribution in [0.15, 0.2) is 0 Å². The van der Waals surface area contributed by atoms with Crippen LogP contribution in [0.4, 0.5) is 0 Å². The van der Waals surface area contributed by atoms with E-state index in [0.29, 0.717) is 5.92 Å². The van der Waals surface area contributed by atoms with Crippen molar-refractivity contribution < 1.29 is 10.2 Å². The molecule has 0 saturated carbocycles. The molecular formula is C10H20O2S. The molecule has 0 aromatic rings. The van der Waals surface area contributed by atoms with Crippen molar-refractivity contribution in [3.63, 3.8) is 0 Å². The van der Waals surface area contributed by atoms with Gasteiger partial charge in [0.2, 0.25) is 0 Å². The Morgan fingerprint density at radius 2 is 2.00 bits per heavy atom. The third-order valence-corrected chi connectivity index (χ3v) is 3.93. The first-order valence-corrected chi connectivity index (χ1v) is 6.00. The first-order chi connectivity index (χ1) is 5.91. The van der Waals surface area contributed by atoms with E-state index in [4.69, 9.17) is 0 Å². The van der Waals surface area contributed by atoms with Gasteiger partial charge in [0.15, 0.2) is 0 Å². The number of hydrogen-bond donors (Lipinski definition) is 2. The third kappa shape index (κ3) is 3.15. The molecule has 0 spiro atoms. The Morgan fingerprint density at radius 3 is 2.38 bits per heavy atom. The van der Waals surface area contributed by atoms with Crippen molar-refractivity contribution >= 4 is 11.8 Å². The Kier molecular flexibility index (Phi) is 3.66. The molecule has 1 heterocycles. The standard InChI is InChI=1S/C10H20O2S/c1-10(2,3)9(12)4-7-5-13-6-8(7)11/h7-9,11-12H,4-6H2,1-3H3. The van der Waals surface area contributed by atoms with Gasteiger partial charge in [0.05, 0.1) is 12.2 Å². The number of thioether (sulfide) groups is 1. The fourth-order valence-corrected chi connectivity index (χ4v) is 2.76. The van der Waals surface area contributed by atoms with Crippen molar-refractivity contribution in [2.24, 2.45) is 11.3 Å². The minimum atomic E-state index is -0.300. The summed E-state index contributed by atoms with van der Waals surface area (Å²) in [5.74, 6) is 2.12. The maximum Gasteiger partial charge on any atom is 0.0667 e. The Morgan fingerprint density at radius 1 is 1.38 bits per heavy atom. The predicted octanol–water partition coefficient (Wildman–Crippen LogP) is 1.51. The highest BCUT2D eigenvalue weighted by molar-refractivity contribution is 7.99. The molecule has 0 aliphatic carbocycles. The summed E-state index contributed by atoms with van der Waals surface area (Å²) >= 11 is 1.78. The average molecular weight is 204 g/mol. The zero-order chi connectivity index (χ0) is 10.1. The van der Waals surface area contributed by atoms with E-state index in [9.17, 15) is 10.2 Å². The van der Waals surface area contributed by atoms with E-state index in [2.05, 4.69) is 0 Å². The lowest BCUT2D eigenvalue weighted by atomic mass is 9.83. The first-order valence-electron chi connectivity index (χ1n) is 4.85. The van der Waals surface area contributed by atoms with Crippen LogP contribution in [0.2, 0.25) is 0 Å². The molecule has 0 amide bonds. The van der Waals surface area contributed by atoms with Crippen LogP contribution in [0, 0.1) is 11.3 Å². The van der Waals surface area contributed by atoms with E-state index in [1.54, 1.807) is 11.8 Å². The summed E-state index contributed by atoms with van der Waals surface area (Å²) in [5, 5.41) is 19.4. The molecule has 2 nitrogen and oxygen atoms in total. The lowest BCUT2D eigenvalue weighted by molar-refractivity contribution is 0.0236. The van der Waals surface area contributed by atoms with Crippen LogP contribution in [0.5, 0.6) is 0 Å². The number of rotatable bonds is 2. The summed E-state index contributed by atoms with van der Waals surface area (Å²) in [7, 11) is 0. The molecule has 0 bridgehead atoms. The monoisotopic (exact) mass is 204 g/mol. The van der Waals surface area contributed by atoms with Crippen molar-refractivity contribution in [1.29, 1.82) is 0 Å². The van der Waals surface area contributed by atoms with E-state index in [0.717, 1.165) is 17.9 Å². The topological polar surface area (TPSA) is 40.5 Å². The van der Waals surface area contributed by atoms with E-state index >= 15 is 0 Å². The van der Waals surface area contributed by atoms with Crippen molar-refractivity contribution in [2.75, 3.05) is 11.5 Å². The molecule has 1 rings (SSSR count). The largest absolute Gasteiger partial charge is 0.393 e. The summed E-state index contributed by atoms with van der Waals surface area (Å²) in [6, 6.07) is 0. The van der Waals surface area contributed by atoms with Crippen molar-refractivity contribution in [2.45, 2.75) is 39.4 Å². The molecular weight excluding hydrogens is 184 g/mol. The number of hydrogen-bond acceptors (Lipinski definition) is 3. The van der Waals surface area contributed by atoms with Crippen LogP contribution in [0.25, 0.3) is 0 Å². The lowest BCUT2D eigenvalue weighted by Gasteiger charge is -2.28. The Balaban J connectivity index is 2.40. The molecule has 3 heteroatoms. The molecule has 1 aliphatic heterocycles. The van der Waals surface area contributed by atoms with Gasteiger partial charge in [0.25, 0.3) is 0 Å². The first kappa shape index (κ1) is 11.3. The summed E-state index contributed by atoms with van der Waals surface area (Å²) in [6.07, 6.45) is 0.227. The SMILES string of the molecule is CC(C)(C)C(O)CC1CSCC1O. The Hall–Kier alpha value is 0.270. The fraction of sp³-hybridized carbons (Fsp3) is 1.00. The molecule has 0 aromatic carbocycles. The van der Waals surface area contributed by atoms with Crippen molar-refractivity contribution in [3.05, 3.63) is 0 Å². The van der Waals surface area contributed by atoms with Gasteiger partial charge in [-0.25, -0.2) is 0 Å². The second kappa shape index (κ2) is 4.20. The Bertz CT molecular complexity index is 165. The van der Waals surface area contributed by atoms with Crippen LogP contribution >= 0.6 is 11.8 Å². The molecule has 78 valence electrons. The second-order valence-corrected chi connectivity index (χ2v) is 6.06. The average Bonchev–Trinajstić information content (AvgIpc) is 2.34. The van der Waals surface area contributed by atoms with Crippen LogP contribution < -0.4 is 0 Å². The van der Waals surface area contributed by atoms with Crippen LogP contribution in [-0.2, 0) is 0 Å². The zero-order valence-corrected chi connectivity index (χ0v) is 9.47. The van der Waals surface area contributed by atoms with Gasteiger partial charge in [-0.3, -0.25) is 0 Å². The minimum absolute atomic E-state index is 0.0625.